The zero-order chi connectivity index (χ0) is 7.70. The van der Waals surface area contributed by atoms with Crippen LogP contribution in [0.25, 0.3) is 0 Å². The molecule has 1 atom stereocenters. The number of hydrogen-bond donors (Lipinski definition) is 1. The van der Waals surface area contributed by atoms with Gasteiger partial charge in [0.25, 0.3) is 0 Å². The van der Waals surface area contributed by atoms with Gasteiger partial charge < -0.3 is 4.90 Å². The van der Waals surface area contributed by atoms with Crippen LogP contribution in [0.2, 0.25) is 0 Å². The summed E-state index contributed by atoms with van der Waals surface area (Å²) in [5, 5.41) is 8.04. The van der Waals surface area contributed by atoms with Crippen LogP contribution in [0.3, 0.4) is 0 Å². The van der Waals surface area contributed by atoms with Crippen molar-refractivity contribution in [2.45, 2.75) is 6.42 Å². The van der Waals surface area contributed by atoms with Gasteiger partial charge in [0.1, 0.15) is 0 Å². The molecule has 2 nitrogen and oxygen atoms in total. The third-order valence-electron chi connectivity index (χ3n) is 0.671. The Balaban J connectivity index is 0. The predicted octanol–water partition coefficient (Wildman–Crippen LogP) is 1.17. The van der Waals surface area contributed by atoms with Crippen LogP contribution < -0.4 is 0 Å². The summed E-state index contributed by atoms with van der Waals surface area (Å²) in [6, 6.07) is 2.06. The minimum atomic E-state index is 0.632. The second-order valence-electron chi connectivity index (χ2n) is 1.71. The molecule has 0 spiro atoms. The lowest BCUT2D eigenvalue weighted by Crippen LogP contribution is -2.11. The molecule has 0 radical (unpaired) electrons. The van der Waals surface area contributed by atoms with Gasteiger partial charge in [0.15, 0.2) is 0 Å². The van der Waals surface area contributed by atoms with Crippen LogP contribution in [0.15, 0.2) is 0 Å². The molecule has 4 heteroatoms. The molecule has 54 valence electrons. The number of hydrogen-bond acceptors (Lipinski definition) is 3. The number of rotatable bonds is 2. The van der Waals surface area contributed by atoms with E-state index in [0.717, 1.165) is 6.54 Å². The van der Waals surface area contributed by atoms with E-state index >= 15 is 0 Å². The van der Waals surface area contributed by atoms with Crippen molar-refractivity contribution in [1.29, 1.82) is 5.26 Å². The van der Waals surface area contributed by atoms with Gasteiger partial charge in [0, 0.05) is 13.0 Å². The predicted molar refractivity (Wildman–Crippen MR) is 47.5 cm³/mol. The Morgan fingerprint density at radius 2 is 2.00 bits per heavy atom. The average Bonchev–Trinajstić information content (AvgIpc) is 1.88. The van der Waals surface area contributed by atoms with E-state index < -0.39 is 0 Å². The van der Waals surface area contributed by atoms with Crippen molar-refractivity contribution in [3.05, 3.63) is 0 Å². The minimum absolute atomic E-state index is 0.632. The van der Waals surface area contributed by atoms with Crippen LogP contribution in [-0.2, 0) is 0 Å². The van der Waals surface area contributed by atoms with Gasteiger partial charge >= 0.3 is 0 Å². The van der Waals surface area contributed by atoms with E-state index in [-0.39, 0.29) is 0 Å². The molecule has 0 aromatic rings. The van der Waals surface area contributed by atoms with E-state index in [4.69, 9.17) is 5.26 Å². The molecule has 0 aromatic heterocycles. The quantitative estimate of drug-likeness (QED) is 0.490. The largest absolute Gasteiger partial charge is 0.308 e. The molecule has 0 aliphatic carbocycles. The van der Waals surface area contributed by atoms with Gasteiger partial charge in [-0.3, -0.25) is 0 Å². The fraction of sp³-hybridized carbons (Fsp3) is 0.800. The summed E-state index contributed by atoms with van der Waals surface area (Å²) in [6.07, 6.45) is 0.632. The maximum Gasteiger partial charge on any atom is 0.0635 e. The summed E-state index contributed by atoms with van der Waals surface area (Å²) >= 11 is 3.44. The molecule has 1 unspecified atom stereocenters. The third-order valence-corrected chi connectivity index (χ3v) is 0.671. The highest BCUT2D eigenvalue weighted by Gasteiger charge is 1.83. The highest BCUT2D eigenvalue weighted by atomic mass is 32.7. The molecule has 0 aliphatic rings. The fourth-order valence-corrected chi connectivity index (χ4v) is 0.274. The van der Waals surface area contributed by atoms with Crippen molar-refractivity contribution in [3.63, 3.8) is 0 Å². The Morgan fingerprint density at radius 3 is 2.11 bits per heavy atom. The first kappa shape index (κ1) is 12.0. The van der Waals surface area contributed by atoms with E-state index in [9.17, 15) is 0 Å². The smallest absolute Gasteiger partial charge is 0.0635 e. The first-order valence-corrected chi connectivity index (χ1v) is 4.61. The van der Waals surface area contributed by atoms with Crippen molar-refractivity contribution < 1.29 is 0 Å². The fourth-order valence-electron chi connectivity index (χ4n) is 0.274. The first-order chi connectivity index (χ1) is 4.27. The highest BCUT2D eigenvalue weighted by Crippen LogP contribution is 1.77. The Bertz CT molecular complexity index is 79.5. The van der Waals surface area contributed by atoms with Gasteiger partial charge in [-0.05, 0) is 14.1 Å². The van der Waals surface area contributed by atoms with Crippen LogP contribution in [0, 0.1) is 11.3 Å². The SMILES string of the molecule is CN(C)CCC#N.PS. The maximum atomic E-state index is 8.04. The van der Waals surface area contributed by atoms with Crippen molar-refractivity contribution in [1.82, 2.24) is 4.90 Å². The average molecular weight is 164 g/mol. The number of nitriles is 1. The molecule has 0 bridgehead atoms. The van der Waals surface area contributed by atoms with Crippen LogP contribution >= 0.6 is 20.7 Å². The standard InChI is InChI=1S/C5H10N2.H3PS/c1-7(2)5-3-4-6;1-2/h3,5H2,1-2H3;2H,1H2. The van der Waals surface area contributed by atoms with Gasteiger partial charge in [0.05, 0.1) is 6.07 Å². The van der Waals surface area contributed by atoms with Gasteiger partial charge in [0.2, 0.25) is 0 Å². The van der Waals surface area contributed by atoms with Crippen LogP contribution in [0.1, 0.15) is 6.42 Å². The van der Waals surface area contributed by atoms with Gasteiger partial charge in [-0.15, -0.1) is 0 Å². The molecule has 0 aromatic carbocycles. The second kappa shape index (κ2) is 11.1. The molecule has 0 rings (SSSR count). The zero-order valence-electron chi connectivity index (χ0n) is 5.83. The molecule has 0 N–H and O–H groups in total. The summed E-state index contributed by atoms with van der Waals surface area (Å²) in [5.74, 6) is 0. The van der Waals surface area contributed by atoms with Gasteiger partial charge in [-0.2, -0.15) is 17.5 Å². The lowest BCUT2D eigenvalue weighted by atomic mass is 10.4. The molecule has 0 heterocycles. The molecular weight excluding hydrogens is 151 g/mol. The summed E-state index contributed by atoms with van der Waals surface area (Å²) < 4.78 is 0. The Kier molecular flexibility index (Phi) is 14.7. The molecule has 0 saturated heterocycles. The normalized spacial score (nSPS) is 7.56. The summed E-state index contributed by atoms with van der Waals surface area (Å²) in [7, 11) is 6.02. The van der Waals surface area contributed by atoms with Crippen molar-refractivity contribution in [2.75, 3.05) is 20.6 Å². The highest BCUT2D eigenvalue weighted by molar-refractivity contribution is 8.31. The van der Waals surface area contributed by atoms with Crippen molar-refractivity contribution in [2.24, 2.45) is 0 Å². The van der Waals surface area contributed by atoms with E-state index in [1.54, 1.807) is 0 Å². The summed E-state index contributed by atoms with van der Waals surface area (Å²) in [4.78, 5) is 1.99. The Labute approximate surface area is 64.6 Å². The van der Waals surface area contributed by atoms with E-state index in [0.29, 0.717) is 6.42 Å². The molecule has 9 heavy (non-hydrogen) atoms. The molecular formula is C5H13N2PS. The van der Waals surface area contributed by atoms with Crippen molar-refractivity contribution >= 4 is 20.7 Å². The van der Waals surface area contributed by atoms with E-state index in [2.05, 4.69) is 26.8 Å². The minimum Gasteiger partial charge on any atom is -0.308 e. The lowest BCUT2D eigenvalue weighted by Gasteiger charge is -2.02. The molecule has 0 saturated carbocycles. The van der Waals surface area contributed by atoms with E-state index in [1.807, 2.05) is 19.0 Å². The monoisotopic (exact) mass is 164 g/mol. The summed E-state index contributed by atoms with van der Waals surface area (Å²) in [6.45, 7) is 0.872. The topological polar surface area (TPSA) is 27.0 Å². The maximum absolute atomic E-state index is 8.04. The second-order valence-corrected chi connectivity index (χ2v) is 1.71. The summed E-state index contributed by atoms with van der Waals surface area (Å²) in [5.41, 5.74) is 0. The van der Waals surface area contributed by atoms with Crippen LogP contribution in [0.5, 0.6) is 0 Å². The van der Waals surface area contributed by atoms with Gasteiger partial charge in [-0.1, -0.05) is 8.44 Å². The number of nitrogens with zero attached hydrogens (tertiary/aromatic N) is 2. The van der Waals surface area contributed by atoms with Crippen LogP contribution in [-0.4, -0.2) is 25.5 Å². The Hall–Kier alpha value is 0.230. The van der Waals surface area contributed by atoms with E-state index in [1.165, 1.54) is 0 Å². The van der Waals surface area contributed by atoms with Gasteiger partial charge in [-0.25, -0.2) is 0 Å². The Morgan fingerprint density at radius 1 is 1.56 bits per heavy atom. The first-order valence-electron chi connectivity index (χ1n) is 2.55. The third kappa shape index (κ3) is 17.9. The van der Waals surface area contributed by atoms with Crippen LogP contribution in [0.4, 0.5) is 0 Å². The molecule has 0 amide bonds. The molecule has 0 aliphatic heterocycles. The lowest BCUT2D eigenvalue weighted by molar-refractivity contribution is 0.419. The number of thiol groups is 1. The molecule has 0 fully saturated rings. The van der Waals surface area contributed by atoms with Crippen molar-refractivity contribution in [3.8, 4) is 6.07 Å². The zero-order valence-corrected chi connectivity index (χ0v) is 7.88.